The van der Waals surface area contributed by atoms with Gasteiger partial charge in [0.05, 0.1) is 11.8 Å². The molecule has 3 N–H and O–H groups in total. The number of carbonyl (C=O) groups is 2. The molecule has 0 bridgehead atoms. The van der Waals surface area contributed by atoms with Crippen molar-refractivity contribution >= 4 is 44.1 Å². The standard InChI is InChI=1S/C12H11N3O5S2/c1-7(16)14-12-13-6-10(21-12)22(19,20)15-9-4-2-8(3-5-9)11(17)18/h2-6,15H,1H3,(H,17,18)(H,13,14,16). The molecule has 8 nitrogen and oxygen atoms in total. The molecule has 10 heteroatoms. The molecule has 1 heterocycles. The van der Waals surface area contributed by atoms with Crippen molar-refractivity contribution in [3.8, 4) is 0 Å². The molecule has 0 atom stereocenters. The molecule has 0 radical (unpaired) electrons. The summed E-state index contributed by atoms with van der Waals surface area (Å²) in [5.41, 5.74) is 0.271. The van der Waals surface area contributed by atoms with Gasteiger partial charge in [-0.25, -0.2) is 18.2 Å². The highest BCUT2D eigenvalue weighted by atomic mass is 32.2. The number of thiazole rings is 1. The molecular formula is C12H11N3O5S2. The van der Waals surface area contributed by atoms with Crippen LogP contribution >= 0.6 is 11.3 Å². The third-order valence-electron chi connectivity index (χ3n) is 2.42. The molecule has 0 saturated heterocycles. The minimum atomic E-state index is -3.85. The smallest absolute Gasteiger partial charge is 0.335 e. The maximum Gasteiger partial charge on any atom is 0.335 e. The summed E-state index contributed by atoms with van der Waals surface area (Å²) in [6.45, 7) is 1.29. The zero-order valence-corrected chi connectivity index (χ0v) is 12.9. The predicted octanol–water partition coefficient (Wildman–Crippen LogP) is 1.60. The van der Waals surface area contributed by atoms with Crippen molar-refractivity contribution in [1.82, 2.24) is 4.98 Å². The molecule has 1 aromatic heterocycles. The topological polar surface area (TPSA) is 125 Å². The number of aromatic nitrogens is 1. The zero-order chi connectivity index (χ0) is 16.3. The molecule has 116 valence electrons. The van der Waals surface area contributed by atoms with Crippen LogP contribution in [0.2, 0.25) is 0 Å². The van der Waals surface area contributed by atoms with Crippen LogP contribution in [0.25, 0.3) is 0 Å². The first-order valence-corrected chi connectivity index (χ1v) is 8.17. The van der Waals surface area contributed by atoms with E-state index in [4.69, 9.17) is 5.11 Å². The molecule has 0 unspecified atom stereocenters. The Labute approximate surface area is 129 Å². The molecular weight excluding hydrogens is 330 g/mol. The Morgan fingerprint density at radius 3 is 2.41 bits per heavy atom. The number of carbonyl (C=O) groups excluding carboxylic acids is 1. The average Bonchev–Trinajstić information content (AvgIpc) is 2.87. The highest BCUT2D eigenvalue weighted by molar-refractivity contribution is 7.94. The van der Waals surface area contributed by atoms with Gasteiger partial charge < -0.3 is 10.4 Å². The van der Waals surface area contributed by atoms with Crippen LogP contribution in [-0.4, -0.2) is 30.4 Å². The van der Waals surface area contributed by atoms with Crippen molar-refractivity contribution < 1.29 is 23.1 Å². The first kappa shape index (κ1) is 15.9. The van der Waals surface area contributed by atoms with E-state index in [1.165, 1.54) is 31.2 Å². The quantitative estimate of drug-likeness (QED) is 0.758. The molecule has 0 fully saturated rings. The molecule has 0 spiro atoms. The summed E-state index contributed by atoms with van der Waals surface area (Å²) < 4.78 is 26.5. The number of hydrogen-bond acceptors (Lipinski definition) is 6. The van der Waals surface area contributed by atoms with E-state index in [0.29, 0.717) is 0 Å². The molecule has 0 saturated carbocycles. The van der Waals surface area contributed by atoms with E-state index in [9.17, 15) is 18.0 Å². The van der Waals surface area contributed by atoms with Gasteiger partial charge in [0.1, 0.15) is 0 Å². The van der Waals surface area contributed by atoms with Gasteiger partial charge in [0.15, 0.2) is 9.34 Å². The lowest BCUT2D eigenvalue weighted by Gasteiger charge is -2.05. The van der Waals surface area contributed by atoms with Crippen molar-refractivity contribution in [1.29, 1.82) is 0 Å². The summed E-state index contributed by atoms with van der Waals surface area (Å²) in [6.07, 6.45) is 1.13. The van der Waals surface area contributed by atoms with Crippen molar-refractivity contribution in [2.75, 3.05) is 10.0 Å². The minimum Gasteiger partial charge on any atom is -0.478 e. The number of anilines is 2. The molecule has 2 rings (SSSR count). The summed E-state index contributed by atoms with van der Waals surface area (Å²) in [7, 11) is -3.85. The van der Waals surface area contributed by atoms with Crippen LogP contribution in [0.5, 0.6) is 0 Å². The highest BCUT2D eigenvalue weighted by Gasteiger charge is 2.18. The van der Waals surface area contributed by atoms with Crippen molar-refractivity contribution in [2.24, 2.45) is 0 Å². The Balaban J connectivity index is 2.18. The Morgan fingerprint density at radius 2 is 1.86 bits per heavy atom. The number of carboxylic acid groups (broad SMARTS) is 1. The Hall–Kier alpha value is -2.46. The molecule has 1 aromatic carbocycles. The van der Waals surface area contributed by atoms with Crippen molar-refractivity contribution in [3.05, 3.63) is 36.0 Å². The summed E-state index contributed by atoms with van der Waals surface area (Å²) in [5.74, 6) is -1.45. The normalized spacial score (nSPS) is 11.0. The number of amides is 1. The van der Waals surface area contributed by atoms with E-state index in [1.54, 1.807) is 0 Å². The molecule has 1 amide bonds. The fourth-order valence-electron chi connectivity index (χ4n) is 1.48. The summed E-state index contributed by atoms with van der Waals surface area (Å²) >= 11 is 0.808. The predicted molar refractivity (Wildman–Crippen MR) is 80.6 cm³/mol. The fraction of sp³-hybridized carbons (Fsp3) is 0.0833. The van der Waals surface area contributed by atoms with E-state index in [-0.39, 0.29) is 26.5 Å². The maximum absolute atomic E-state index is 12.1. The van der Waals surface area contributed by atoms with E-state index in [0.717, 1.165) is 17.5 Å². The number of benzene rings is 1. The molecule has 0 aliphatic heterocycles. The van der Waals surface area contributed by atoms with Crippen LogP contribution in [0.3, 0.4) is 0 Å². The fourth-order valence-corrected chi connectivity index (χ4v) is 3.61. The number of nitrogens with one attached hydrogen (secondary N) is 2. The molecule has 22 heavy (non-hydrogen) atoms. The lowest BCUT2D eigenvalue weighted by atomic mass is 10.2. The van der Waals surface area contributed by atoms with Gasteiger partial charge in [-0.2, -0.15) is 0 Å². The molecule has 0 aliphatic carbocycles. The largest absolute Gasteiger partial charge is 0.478 e. The van der Waals surface area contributed by atoms with Gasteiger partial charge in [0, 0.05) is 12.6 Å². The molecule has 2 aromatic rings. The average molecular weight is 341 g/mol. The van der Waals surface area contributed by atoms with Gasteiger partial charge in [-0.15, -0.1) is 0 Å². The summed E-state index contributed by atoms with van der Waals surface area (Å²) in [5, 5.41) is 11.3. The number of rotatable bonds is 5. The lowest BCUT2D eigenvalue weighted by molar-refractivity contribution is -0.114. The van der Waals surface area contributed by atoms with Gasteiger partial charge in [0.2, 0.25) is 5.91 Å². The van der Waals surface area contributed by atoms with Gasteiger partial charge in [-0.1, -0.05) is 11.3 Å². The van der Waals surface area contributed by atoms with E-state index in [1.807, 2.05) is 0 Å². The number of hydrogen-bond donors (Lipinski definition) is 3. The number of sulfonamides is 1. The van der Waals surface area contributed by atoms with Gasteiger partial charge in [-0.05, 0) is 24.3 Å². The Bertz CT molecular complexity index is 812. The monoisotopic (exact) mass is 341 g/mol. The Kier molecular flexibility index (Phi) is 4.43. The number of nitrogens with zero attached hydrogens (tertiary/aromatic N) is 1. The zero-order valence-electron chi connectivity index (χ0n) is 11.2. The first-order valence-electron chi connectivity index (χ1n) is 5.87. The van der Waals surface area contributed by atoms with Crippen molar-refractivity contribution in [2.45, 2.75) is 11.1 Å². The van der Waals surface area contributed by atoms with Crippen LogP contribution in [0.15, 0.2) is 34.7 Å². The van der Waals surface area contributed by atoms with Crippen LogP contribution in [0.4, 0.5) is 10.8 Å². The van der Waals surface area contributed by atoms with E-state index in [2.05, 4.69) is 15.0 Å². The third kappa shape index (κ3) is 3.80. The first-order chi connectivity index (χ1) is 10.3. The summed E-state index contributed by atoms with van der Waals surface area (Å²) in [6, 6.07) is 5.26. The third-order valence-corrected chi connectivity index (χ3v) is 5.17. The van der Waals surface area contributed by atoms with E-state index < -0.39 is 16.0 Å². The van der Waals surface area contributed by atoms with Crippen LogP contribution in [0.1, 0.15) is 17.3 Å². The SMILES string of the molecule is CC(=O)Nc1ncc(S(=O)(=O)Nc2ccc(C(=O)O)cc2)s1. The number of aromatic carboxylic acids is 1. The van der Waals surface area contributed by atoms with Crippen LogP contribution in [-0.2, 0) is 14.8 Å². The second kappa shape index (κ2) is 6.12. The van der Waals surface area contributed by atoms with Crippen LogP contribution < -0.4 is 10.0 Å². The second-order valence-corrected chi connectivity index (χ2v) is 7.09. The van der Waals surface area contributed by atoms with Gasteiger partial charge >= 0.3 is 5.97 Å². The second-order valence-electron chi connectivity index (χ2n) is 4.15. The van der Waals surface area contributed by atoms with Crippen LogP contribution in [0, 0.1) is 0 Å². The summed E-state index contributed by atoms with van der Waals surface area (Å²) in [4.78, 5) is 25.4. The lowest BCUT2D eigenvalue weighted by Crippen LogP contribution is -2.11. The Morgan fingerprint density at radius 1 is 1.23 bits per heavy atom. The molecule has 0 aliphatic rings. The number of carboxylic acids is 1. The maximum atomic E-state index is 12.1. The van der Waals surface area contributed by atoms with Gasteiger partial charge in [-0.3, -0.25) is 9.52 Å². The van der Waals surface area contributed by atoms with E-state index >= 15 is 0 Å². The van der Waals surface area contributed by atoms with Crippen molar-refractivity contribution in [3.63, 3.8) is 0 Å². The minimum absolute atomic E-state index is 0.0497. The van der Waals surface area contributed by atoms with Gasteiger partial charge in [0.25, 0.3) is 10.0 Å². The highest BCUT2D eigenvalue weighted by Crippen LogP contribution is 2.25.